The van der Waals surface area contributed by atoms with Crippen LogP contribution >= 0.6 is 0 Å². The Labute approximate surface area is 121 Å². The van der Waals surface area contributed by atoms with E-state index < -0.39 is 0 Å². The zero-order valence-electron chi connectivity index (χ0n) is 12.4. The largest absolute Gasteiger partial charge is 0.495 e. The number of hydrogen-bond acceptors (Lipinski definition) is 3. The van der Waals surface area contributed by atoms with E-state index in [0.717, 1.165) is 17.9 Å². The number of nitrogens with zero attached hydrogens (tertiary/aromatic N) is 1. The number of piperidine rings is 1. The zero-order valence-corrected chi connectivity index (χ0v) is 12.4. The van der Waals surface area contributed by atoms with Gasteiger partial charge in [-0.3, -0.25) is 4.90 Å². The molecular weight excluding hydrogens is 250 g/mol. The second kappa shape index (κ2) is 7.33. The maximum absolute atomic E-state index is 8.83. The van der Waals surface area contributed by atoms with Crippen LogP contribution in [0.4, 0.5) is 0 Å². The molecule has 1 N–H and O–H groups in total. The average molecular weight is 273 g/mol. The molecule has 1 heterocycles. The van der Waals surface area contributed by atoms with Crippen molar-refractivity contribution in [2.45, 2.75) is 38.8 Å². The SMILES string of the molecule is COc1ccc(CN2CCCCC2C)cc1C#CCO. The van der Waals surface area contributed by atoms with Crippen LogP contribution in [0.25, 0.3) is 0 Å². The number of hydrogen-bond donors (Lipinski definition) is 1. The van der Waals surface area contributed by atoms with Gasteiger partial charge in [-0.15, -0.1) is 0 Å². The summed E-state index contributed by atoms with van der Waals surface area (Å²) in [6.45, 7) is 4.30. The van der Waals surface area contributed by atoms with Crippen LogP contribution in [-0.2, 0) is 6.54 Å². The van der Waals surface area contributed by atoms with E-state index in [-0.39, 0.29) is 6.61 Å². The van der Waals surface area contributed by atoms with E-state index in [1.807, 2.05) is 6.07 Å². The second-order valence-corrected chi connectivity index (χ2v) is 5.31. The van der Waals surface area contributed by atoms with Gasteiger partial charge in [-0.05, 0) is 44.0 Å². The standard InChI is InChI=1S/C17H23NO2/c1-14-6-3-4-10-18(14)13-15-8-9-17(20-2)16(12-15)7-5-11-19/h8-9,12,14,19H,3-4,6,10-11,13H2,1-2H3. The van der Waals surface area contributed by atoms with Crippen LogP contribution in [-0.4, -0.2) is 36.3 Å². The van der Waals surface area contributed by atoms with Crippen LogP contribution in [0.1, 0.15) is 37.3 Å². The Bertz CT molecular complexity index is 501. The first kappa shape index (κ1) is 14.9. The smallest absolute Gasteiger partial charge is 0.134 e. The third-order valence-corrected chi connectivity index (χ3v) is 3.89. The number of methoxy groups -OCH3 is 1. The van der Waals surface area contributed by atoms with Gasteiger partial charge in [0.25, 0.3) is 0 Å². The van der Waals surface area contributed by atoms with Crippen molar-refractivity contribution in [2.75, 3.05) is 20.3 Å². The zero-order chi connectivity index (χ0) is 14.4. The van der Waals surface area contributed by atoms with Crippen LogP contribution in [0.15, 0.2) is 18.2 Å². The molecule has 1 aromatic carbocycles. The average Bonchev–Trinajstić information content (AvgIpc) is 2.47. The summed E-state index contributed by atoms with van der Waals surface area (Å²) in [5, 5.41) is 8.83. The lowest BCUT2D eigenvalue weighted by atomic mass is 10.0. The summed E-state index contributed by atoms with van der Waals surface area (Å²) in [6, 6.07) is 6.79. The molecule has 1 aliphatic rings. The van der Waals surface area contributed by atoms with Crippen molar-refractivity contribution in [3.8, 4) is 17.6 Å². The quantitative estimate of drug-likeness (QED) is 0.859. The minimum atomic E-state index is -0.128. The van der Waals surface area contributed by atoms with Crippen LogP contribution in [0, 0.1) is 11.8 Å². The van der Waals surface area contributed by atoms with Crippen LogP contribution in [0.3, 0.4) is 0 Å². The van der Waals surface area contributed by atoms with E-state index in [9.17, 15) is 0 Å². The Kier molecular flexibility index (Phi) is 5.46. The van der Waals surface area contributed by atoms with Gasteiger partial charge in [-0.2, -0.15) is 0 Å². The normalized spacial score (nSPS) is 19.2. The van der Waals surface area contributed by atoms with E-state index in [0.29, 0.717) is 6.04 Å². The number of aliphatic hydroxyl groups is 1. The van der Waals surface area contributed by atoms with Gasteiger partial charge in [-0.25, -0.2) is 0 Å². The molecule has 0 aliphatic carbocycles. The molecule has 0 amide bonds. The molecule has 108 valence electrons. The van der Waals surface area contributed by atoms with Gasteiger partial charge in [0.15, 0.2) is 0 Å². The molecule has 0 aromatic heterocycles. The molecule has 1 aromatic rings. The summed E-state index contributed by atoms with van der Waals surface area (Å²) >= 11 is 0. The summed E-state index contributed by atoms with van der Waals surface area (Å²) in [5.74, 6) is 6.42. The lowest BCUT2D eigenvalue weighted by Gasteiger charge is -2.33. The first-order valence-corrected chi connectivity index (χ1v) is 7.25. The first-order valence-electron chi connectivity index (χ1n) is 7.25. The highest BCUT2D eigenvalue weighted by molar-refractivity contribution is 5.48. The molecule has 0 radical (unpaired) electrons. The van der Waals surface area contributed by atoms with Crippen LogP contribution < -0.4 is 4.74 Å². The van der Waals surface area contributed by atoms with Crippen LogP contribution in [0.2, 0.25) is 0 Å². The molecule has 0 bridgehead atoms. The van der Waals surface area contributed by atoms with Gasteiger partial charge in [-0.1, -0.05) is 24.3 Å². The molecule has 3 nitrogen and oxygen atoms in total. The summed E-state index contributed by atoms with van der Waals surface area (Å²) < 4.78 is 5.31. The molecule has 1 unspecified atom stereocenters. The molecule has 1 aliphatic heterocycles. The maximum Gasteiger partial charge on any atom is 0.134 e. The van der Waals surface area contributed by atoms with Gasteiger partial charge < -0.3 is 9.84 Å². The number of aliphatic hydroxyl groups excluding tert-OH is 1. The molecule has 1 saturated heterocycles. The van der Waals surface area contributed by atoms with Crippen molar-refractivity contribution >= 4 is 0 Å². The second-order valence-electron chi connectivity index (χ2n) is 5.31. The summed E-state index contributed by atoms with van der Waals surface area (Å²) in [4.78, 5) is 2.52. The van der Waals surface area contributed by atoms with Gasteiger partial charge in [0.1, 0.15) is 12.4 Å². The van der Waals surface area contributed by atoms with Gasteiger partial charge in [0.05, 0.1) is 12.7 Å². The van der Waals surface area contributed by atoms with Gasteiger partial charge in [0.2, 0.25) is 0 Å². The molecular formula is C17H23NO2. The molecule has 0 spiro atoms. The van der Waals surface area contributed by atoms with Crippen molar-refractivity contribution in [2.24, 2.45) is 0 Å². The Hall–Kier alpha value is -1.50. The topological polar surface area (TPSA) is 32.7 Å². The number of likely N-dealkylation sites (tertiary alicyclic amines) is 1. The first-order chi connectivity index (χ1) is 9.74. The van der Waals surface area contributed by atoms with E-state index in [1.165, 1.54) is 31.4 Å². The van der Waals surface area contributed by atoms with Gasteiger partial charge in [0, 0.05) is 12.6 Å². The van der Waals surface area contributed by atoms with Crippen LogP contribution in [0.5, 0.6) is 5.75 Å². The van der Waals surface area contributed by atoms with Crippen molar-refractivity contribution < 1.29 is 9.84 Å². The fourth-order valence-electron chi connectivity index (χ4n) is 2.71. The predicted molar refractivity (Wildman–Crippen MR) is 80.7 cm³/mol. The maximum atomic E-state index is 8.83. The van der Waals surface area contributed by atoms with E-state index in [2.05, 4.69) is 35.8 Å². The minimum Gasteiger partial charge on any atom is -0.495 e. The third-order valence-electron chi connectivity index (χ3n) is 3.89. The summed E-state index contributed by atoms with van der Waals surface area (Å²) in [5.41, 5.74) is 2.10. The third kappa shape index (κ3) is 3.75. The van der Waals surface area contributed by atoms with Crippen molar-refractivity contribution in [3.63, 3.8) is 0 Å². The summed E-state index contributed by atoms with van der Waals surface area (Å²) in [7, 11) is 1.64. The molecule has 0 saturated carbocycles. The molecule has 3 heteroatoms. The van der Waals surface area contributed by atoms with Crippen molar-refractivity contribution in [1.29, 1.82) is 0 Å². The Morgan fingerprint density at radius 3 is 2.95 bits per heavy atom. The Balaban J connectivity index is 2.15. The fourth-order valence-corrected chi connectivity index (χ4v) is 2.71. The van der Waals surface area contributed by atoms with Gasteiger partial charge >= 0.3 is 0 Å². The molecule has 20 heavy (non-hydrogen) atoms. The van der Waals surface area contributed by atoms with E-state index >= 15 is 0 Å². The summed E-state index contributed by atoms with van der Waals surface area (Å²) in [6.07, 6.45) is 3.92. The lowest BCUT2D eigenvalue weighted by Crippen LogP contribution is -2.36. The monoisotopic (exact) mass is 273 g/mol. The highest BCUT2D eigenvalue weighted by Crippen LogP contribution is 2.23. The number of rotatable bonds is 3. The Morgan fingerprint density at radius 2 is 2.25 bits per heavy atom. The molecule has 2 rings (SSSR count). The number of ether oxygens (including phenoxy) is 1. The predicted octanol–water partition coefficient (Wildman–Crippen LogP) is 2.41. The Morgan fingerprint density at radius 1 is 1.40 bits per heavy atom. The molecule has 1 fully saturated rings. The highest BCUT2D eigenvalue weighted by atomic mass is 16.5. The van der Waals surface area contributed by atoms with E-state index in [1.54, 1.807) is 7.11 Å². The fraction of sp³-hybridized carbons (Fsp3) is 0.529. The van der Waals surface area contributed by atoms with Crippen molar-refractivity contribution in [1.82, 2.24) is 4.90 Å². The minimum absolute atomic E-state index is 0.128. The van der Waals surface area contributed by atoms with Crippen molar-refractivity contribution in [3.05, 3.63) is 29.3 Å². The lowest BCUT2D eigenvalue weighted by molar-refractivity contribution is 0.152. The molecule has 1 atom stereocenters. The number of benzene rings is 1. The van der Waals surface area contributed by atoms with E-state index in [4.69, 9.17) is 9.84 Å². The highest BCUT2D eigenvalue weighted by Gasteiger charge is 2.18.